The molecule has 0 spiro atoms. The van der Waals surface area contributed by atoms with E-state index in [0.717, 1.165) is 31.4 Å². The second-order valence-corrected chi connectivity index (χ2v) is 4.63. The fourth-order valence-electron chi connectivity index (χ4n) is 2.16. The highest BCUT2D eigenvalue weighted by Gasteiger charge is 2.32. The van der Waals surface area contributed by atoms with Gasteiger partial charge in [0.1, 0.15) is 11.4 Å². The van der Waals surface area contributed by atoms with E-state index >= 15 is 0 Å². The van der Waals surface area contributed by atoms with E-state index in [9.17, 15) is 13.6 Å². The molecule has 0 saturated heterocycles. The van der Waals surface area contributed by atoms with Crippen LogP contribution in [-0.2, 0) is 0 Å². The Balaban J connectivity index is 2.33. The van der Waals surface area contributed by atoms with Crippen LogP contribution in [0.25, 0.3) is 0 Å². The number of anilines is 1. The first-order chi connectivity index (χ1) is 9.06. The van der Waals surface area contributed by atoms with Crippen LogP contribution in [0.15, 0.2) is 12.1 Å². The van der Waals surface area contributed by atoms with Crippen LogP contribution >= 0.6 is 0 Å². The predicted octanol–water partition coefficient (Wildman–Crippen LogP) is 1.53. The first kappa shape index (κ1) is 13.7. The Morgan fingerprint density at radius 2 is 2.11 bits per heavy atom. The summed E-state index contributed by atoms with van der Waals surface area (Å²) in [5.74, 6) is -2.72. The molecule has 0 radical (unpaired) electrons. The van der Waals surface area contributed by atoms with Crippen LogP contribution in [0.5, 0.6) is 0 Å². The predicted molar refractivity (Wildman–Crippen MR) is 66.5 cm³/mol. The number of hydrogen-bond acceptors (Lipinski definition) is 3. The first-order valence-corrected chi connectivity index (χ1v) is 6.21. The van der Waals surface area contributed by atoms with Crippen LogP contribution in [-0.4, -0.2) is 35.1 Å². The van der Waals surface area contributed by atoms with E-state index in [-0.39, 0.29) is 24.9 Å². The van der Waals surface area contributed by atoms with Gasteiger partial charge in [0.15, 0.2) is 5.82 Å². The molecule has 1 saturated carbocycles. The minimum atomic E-state index is -1.03. The largest absolute Gasteiger partial charge is 0.396 e. The third kappa shape index (κ3) is 2.53. The molecule has 0 aromatic heterocycles. The third-order valence-corrected chi connectivity index (χ3v) is 3.45. The Morgan fingerprint density at radius 1 is 1.42 bits per heavy atom. The minimum Gasteiger partial charge on any atom is -0.396 e. The fourth-order valence-corrected chi connectivity index (χ4v) is 2.16. The molecule has 3 N–H and O–H groups in total. The van der Waals surface area contributed by atoms with Crippen LogP contribution in [0.4, 0.5) is 14.5 Å². The van der Waals surface area contributed by atoms with E-state index in [1.807, 2.05) is 0 Å². The Bertz CT molecular complexity index is 490. The van der Waals surface area contributed by atoms with Gasteiger partial charge in [0.2, 0.25) is 0 Å². The maximum absolute atomic E-state index is 13.8. The van der Waals surface area contributed by atoms with E-state index in [2.05, 4.69) is 0 Å². The van der Waals surface area contributed by atoms with Gasteiger partial charge in [-0.25, -0.2) is 8.78 Å². The van der Waals surface area contributed by atoms with Crippen molar-refractivity contribution >= 4 is 11.6 Å². The van der Waals surface area contributed by atoms with Crippen LogP contribution in [0.1, 0.15) is 29.6 Å². The summed E-state index contributed by atoms with van der Waals surface area (Å²) in [6, 6.07) is 2.00. The lowest BCUT2D eigenvalue weighted by Crippen LogP contribution is -2.46. The average molecular weight is 270 g/mol. The van der Waals surface area contributed by atoms with Gasteiger partial charge in [-0.1, -0.05) is 0 Å². The molecule has 1 amide bonds. The van der Waals surface area contributed by atoms with Crippen molar-refractivity contribution < 1.29 is 18.7 Å². The normalized spacial score (nSPS) is 15.1. The van der Waals surface area contributed by atoms with E-state index in [1.54, 1.807) is 0 Å². The van der Waals surface area contributed by atoms with Crippen LogP contribution in [0.2, 0.25) is 0 Å². The summed E-state index contributed by atoms with van der Waals surface area (Å²) in [5, 5.41) is 8.99. The first-order valence-electron chi connectivity index (χ1n) is 6.21. The standard InChI is InChI=1S/C13H16F2N2O2/c14-9-4-5-10(16)12(15)11(9)13(19)17(6-7-18)8-2-1-3-8/h4-5,8,18H,1-3,6-7,16H2. The van der Waals surface area contributed by atoms with Crippen molar-refractivity contribution in [2.75, 3.05) is 18.9 Å². The van der Waals surface area contributed by atoms with Crippen molar-refractivity contribution in [2.45, 2.75) is 25.3 Å². The number of nitrogen functional groups attached to an aromatic ring is 1. The molecule has 6 heteroatoms. The number of benzene rings is 1. The van der Waals surface area contributed by atoms with Gasteiger partial charge < -0.3 is 15.7 Å². The maximum Gasteiger partial charge on any atom is 0.260 e. The molecule has 19 heavy (non-hydrogen) atoms. The van der Waals surface area contributed by atoms with Crippen molar-refractivity contribution in [2.24, 2.45) is 0 Å². The molecular formula is C13H16F2N2O2. The lowest BCUT2D eigenvalue weighted by atomic mass is 9.91. The summed E-state index contributed by atoms with van der Waals surface area (Å²) in [7, 11) is 0. The molecule has 104 valence electrons. The summed E-state index contributed by atoms with van der Waals surface area (Å²) >= 11 is 0. The van der Waals surface area contributed by atoms with Gasteiger partial charge in [-0.15, -0.1) is 0 Å². The molecule has 0 heterocycles. The topological polar surface area (TPSA) is 66.6 Å². The smallest absolute Gasteiger partial charge is 0.260 e. The number of carbonyl (C=O) groups is 1. The molecule has 0 atom stereocenters. The molecule has 0 bridgehead atoms. The fraction of sp³-hybridized carbons (Fsp3) is 0.462. The Kier molecular flexibility index (Phi) is 3.99. The average Bonchev–Trinajstić information content (AvgIpc) is 2.31. The van der Waals surface area contributed by atoms with Crippen LogP contribution < -0.4 is 5.73 Å². The van der Waals surface area contributed by atoms with Crippen molar-refractivity contribution in [3.8, 4) is 0 Å². The molecule has 1 aromatic rings. The number of nitrogens with zero attached hydrogens (tertiary/aromatic N) is 1. The van der Waals surface area contributed by atoms with Gasteiger partial charge in [0.05, 0.1) is 12.3 Å². The highest BCUT2D eigenvalue weighted by Crippen LogP contribution is 2.28. The van der Waals surface area contributed by atoms with Crippen molar-refractivity contribution in [1.29, 1.82) is 0 Å². The zero-order valence-electron chi connectivity index (χ0n) is 10.4. The maximum atomic E-state index is 13.8. The number of carbonyl (C=O) groups excluding carboxylic acids is 1. The van der Waals surface area contributed by atoms with E-state index in [0.29, 0.717) is 0 Å². The van der Waals surface area contributed by atoms with Crippen LogP contribution in [0, 0.1) is 11.6 Å². The van der Waals surface area contributed by atoms with Gasteiger partial charge in [0.25, 0.3) is 5.91 Å². The molecule has 4 nitrogen and oxygen atoms in total. The Hall–Kier alpha value is -1.69. The van der Waals surface area contributed by atoms with Gasteiger partial charge in [0, 0.05) is 12.6 Å². The van der Waals surface area contributed by atoms with Gasteiger partial charge in [-0.2, -0.15) is 0 Å². The third-order valence-electron chi connectivity index (χ3n) is 3.45. The van der Waals surface area contributed by atoms with E-state index in [1.165, 1.54) is 4.90 Å². The number of amides is 1. The summed E-state index contributed by atoms with van der Waals surface area (Å²) in [6.07, 6.45) is 2.55. The molecule has 1 aliphatic carbocycles. The van der Waals surface area contributed by atoms with Crippen LogP contribution in [0.3, 0.4) is 0 Å². The molecule has 1 fully saturated rings. The van der Waals surface area contributed by atoms with Gasteiger partial charge in [-0.05, 0) is 31.4 Å². The zero-order chi connectivity index (χ0) is 14.0. The van der Waals surface area contributed by atoms with E-state index < -0.39 is 23.1 Å². The summed E-state index contributed by atoms with van der Waals surface area (Å²) < 4.78 is 27.5. The Labute approximate surface area is 109 Å². The number of nitrogens with two attached hydrogens (primary N) is 1. The summed E-state index contributed by atoms with van der Waals surface area (Å²) in [4.78, 5) is 13.6. The van der Waals surface area contributed by atoms with Crippen molar-refractivity contribution in [3.63, 3.8) is 0 Å². The zero-order valence-corrected chi connectivity index (χ0v) is 10.4. The Morgan fingerprint density at radius 3 is 2.63 bits per heavy atom. The van der Waals surface area contributed by atoms with Crippen molar-refractivity contribution in [1.82, 2.24) is 4.90 Å². The number of aliphatic hydroxyl groups excluding tert-OH is 1. The lowest BCUT2D eigenvalue weighted by Gasteiger charge is -2.37. The second kappa shape index (κ2) is 5.52. The molecule has 0 unspecified atom stereocenters. The molecule has 1 aliphatic rings. The van der Waals surface area contributed by atoms with Crippen molar-refractivity contribution in [3.05, 3.63) is 29.3 Å². The van der Waals surface area contributed by atoms with E-state index in [4.69, 9.17) is 10.8 Å². The monoisotopic (exact) mass is 270 g/mol. The quantitative estimate of drug-likeness (QED) is 0.815. The highest BCUT2D eigenvalue weighted by molar-refractivity contribution is 5.96. The van der Waals surface area contributed by atoms with Gasteiger partial charge in [-0.3, -0.25) is 4.79 Å². The summed E-state index contributed by atoms with van der Waals surface area (Å²) in [6.45, 7) is -0.176. The van der Waals surface area contributed by atoms with Gasteiger partial charge >= 0.3 is 0 Å². The number of rotatable bonds is 4. The number of halogens is 2. The second-order valence-electron chi connectivity index (χ2n) is 4.63. The molecule has 2 rings (SSSR count). The minimum absolute atomic E-state index is 0.0557. The molecular weight excluding hydrogens is 254 g/mol. The lowest BCUT2D eigenvalue weighted by molar-refractivity contribution is 0.0516. The SMILES string of the molecule is Nc1ccc(F)c(C(=O)N(CCO)C2CCC2)c1F. The number of aliphatic hydroxyl groups is 1. The highest BCUT2D eigenvalue weighted by atomic mass is 19.1. The molecule has 1 aromatic carbocycles. The number of hydrogen-bond donors (Lipinski definition) is 2. The summed E-state index contributed by atoms with van der Waals surface area (Å²) in [5.41, 5.74) is 4.46. The molecule has 0 aliphatic heterocycles.